The molecule has 0 spiro atoms. The number of para-hydroxylation sites is 1. The number of sulfone groups is 1. The molecular formula is C19H17N3O4S. The van der Waals surface area contributed by atoms with Crippen LogP contribution in [0.1, 0.15) is 21.6 Å². The van der Waals surface area contributed by atoms with Gasteiger partial charge in [0.15, 0.2) is 9.84 Å². The van der Waals surface area contributed by atoms with E-state index in [4.69, 9.17) is 4.74 Å². The monoisotopic (exact) mass is 383 g/mol. The topological polar surface area (TPSA) is 90.3 Å². The molecule has 0 fully saturated rings. The van der Waals surface area contributed by atoms with Crippen molar-refractivity contribution in [3.05, 3.63) is 71.4 Å². The van der Waals surface area contributed by atoms with Crippen molar-refractivity contribution >= 4 is 21.6 Å². The van der Waals surface area contributed by atoms with E-state index in [1.807, 2.05) is 30.3 Å². The third-order valence-corrected chi connectivity index (χ3v) is 5.81. The van der Waals surface area contributed by atoms with E-state index in [1.165, 1.54) is 0 Å². The fourth-order valence-electron chi connectivity index (χ4n) is 3.05. The zero-order valence-corrected chi connectivity index (χ0v) is 15.4. The summed E-state index contributed by atoms with van der Waals surface area (Å²) in [6, 6.07) is 16.0. The van der Waals surface area contributed by atoms with E-state index in [1.54, 1.807) is 36.1 Å². The molecule has 1 amide bonds. The first-order valence-electron chi connectivity index (χ1n) is 8.29. The van der Waals surface area contributed by atoms with E-state index in [0.29, 0.717) is 28.4 Å². The van der Waals surface area contributed by atoms with Gasteiger partial charge in [0.25, 0.3) is 5.91 Å². The highest BCUT2D eigenvalue weighted by molar-refractivity contribution is 7.90. The van der Waals surface area contributed by atoms with Crippen LogP contribution in [-0.2, 0) is 21.3 Å². The number of fused-ring (bicyclic) bond motifs is 1. The van der Waals surface area contributed by atoms with Gasteiger partial charge >= 0.3 is 0 Å². The predicted molar refractivity (Wildman–Crippen MR) is 101 cm³/mol. The molecule has 1 aliphatic rings. The number of carbonyl (C=O) groups is 1. The lowest BCUT2D eigenvalue weighted by molar-refractivity contribution is 0.102. The van der Waals surface area contributed by atoms with Gasteiger partial charge in [-0.25, -0.2) is 13.1 Å². The van der Waals surface area contributed by atoms with Crippen molar-refractivity contribution in [2.75, 3.05) is 12.4 Å². The lowest BCUT2D eigenvalue weighted by Crippen LogP contribution is -2.17. The summed E-state index contributed by atoms with van der Waals surface area (Å²) in [5, 5.41) is 7.27. The number of ether oxygens (including phenoxy) is 1. The molecule has 3 aromatic rings. The average Bonchev–Trinajstić information content (AvgIpc) is 3.15. The van der Waals surface area contributed by atoms with E-state index in [-0.39, 0.29) is 17.4 Å². The molecule has 0 aliphatic carbocycles. The largest absolute Gasteiger partial charge is 0.497 e. The number of carbonyl (C=O) groups excluding carboxylic acids is 1. The highest BCUT2D eigenvalue weighted by Crippen LogP contribution is 2.33. The van der Waals surface area contributed by atoms with Gasteiger partial charge < -0.3 is 10.1 Å². The highest BCUT2D eigenvalue weighted by atomic mass is 32.2. The van der Waals surface area contributed by atoms with Gasteiger partial charge in [0.05, 0.1) is 30.0 Å². The van der Waals surface area contributed by atoms with Crippen LogP contribution >= 0.6 is 0 Å². The molecule has 1 aromatic heterocycles. The fraction of sp³-hybridized carbons (Fsp3) is 0.158. The number of methoxy groups -OCH3 is 1. The Morgan fingerprint density at radius 3 is 2.44 bits per heavy atom. The molecule has 0 saturated carbocycles. The van der Waals surface area contributed by atoms with Gasteiger partial charge in [-0.05, 0) is 36.4 Å². The summed E-state index contributed by atoms with van der Waals surface area (Å²) in [7, 11) is -1.68. The molecule has 0 radical (unpaired) electrons. The predicted octanol–water partition coefficient (Wildman–Crippen LogP) is 2.56. The lowest BCUT2D eigenvalue weighted by Gasteiger charge is -2.11. The van der Waals surface area contributed by atoms with E-state index in [9.17, 15) is 13.2 Å². The molecule has 1 aliphatic heterocycles. The maximum atomic E-state index is 12.7. The summed E-state index contributed by atoms with van der Waals surface area (Å²) < 4.78 is 30.7. The molecule has 2 aromatic carbocycles. The van der Waals surface area contributed by atoms with E-state index in [0.717, 1.165) is 5.69 Å². The molecule has 0 atom stereocenters. The van der Waals surface area contributed by atoms with Crippen molar-refractivity contribution in [2.45, 2.75) is 11.5 Å². The first kappa shape index (κ1) is 17.3. The minimum Gasteiger partial charge on any atom is -0.497 e. The van der Waals surface area contributed by atoms with Crippen molar-refractivity contribution < 1.29 is 17.9 Å². The van der Waals surface area contributed by atoms with Crippen molar-refractivity contribution in [3.63, 3.8) is 0 Å². The number of anilines is 1. The molecular weight excluding hydrogens is 366 g/mol. The van der Waals surface area contributed by atoms with E-state index in [2.05, 4.69) is 10.4 Å². The van der Waals surface area contributed by atoms with Crippen LogP contribution in [-0.4, -0.2) is 31.2 Å². The van der Waals surface area contributed by atoms with Crippen LogP contribution in [0.2, 0.25) is 0 Å². The molecule has 27 heavy (non-hydrogen) atoms. The minimum absolute atomic E-state index is 0.117. The van der Waals surface area contributed by atoms with Gasteiger partial charge in [0.2, 0.25) is 0 Å². The van der Waals surface area contributed by atoms with Crippen LogP contribution in [0.4, 0.5) is 5.82 Å². The lowest BCUT2D eigenvalue weighted by atomic mass is 10.2. The second-order valence-electron chi connectivity index (χ2n) is 6.24. The SMILES string of the molecule is COc1ccc(C(=O)Nc2c3c(nn2-c2ccccc2)CS(=O)(=O)C3)cc1. The second-order valence-corrected chi connectivity index (χ2v) is 8.30. The highest BCUT2D eigenvalue weighted by Gasteiger charge is 2.33. The molecule has 0 bridgehead atoms. The van der Waals surface area contributed by atoms with Crippen molar-refractivity contribution in [1.82, 2.24) is 9.78 Å². The summed E-state index contributed by atoms with van der Waals surface area (Å²) in [6.07, 6.45) is 0. The number of aromatic nitrogens is 2. The normalized spacial score (nSPS) is 14.6. The average molecular weight is 383 g/mol. The fourth-order valence-corrected chi connectivity index (χ4v) is 4.54. The second kappa shape index (κ2) is 6.55. The van der Waals surface area contributed by atoms with E-state index < -0.39 is 9.84 Å². The standard InChI is InChI=1S/C19H17N3O4S/c1-26-15-9-7-13(8-10-15)19(23)20-18-16-11-27(24,25)12-17(16)21-22(18)14-5-3-2-4-6-14/h2-10H,11-12H2,1H3,(H,20,23). The van der Waals surface area contributed by atoms with Gasteiger partial charge in [-0.3, -0.25) is 4.79 Å². The Morgan fingerprint density at radius 2 is 1.78 bits per heavy atom. The van der Waals surface area contributed by atoms with Crippen LogP contribution < -0.4 is 10.1 Å². The molecule has 0 saturated heterocycles. The molecule has 138 valence electrons. The van der Waals surface area contributed by atoms with Crippen molar-refractivity contribution in [2.24, 2.45) is 0 Å². The van der Waals surface area contributed by atoms with Crippen molar-refractivity contribution in [1.29, 1.82) is 0 Å². The maximum absolute atomic E-state index is 12.7. The number of nitrogens with zero attached hydrogens (tertiary/aromatic N) is 2. The first-order chi connectivity index (χ1) is 13.0. The van der Waals surface area contributed by atoms with Gasteiger partial charge in [-0.15, -0.1) is 0 Å². The Hall–Kier alpha value is -3.13. The van der Waals surface area contributed by atoms with Crippen LogP contribution in [0, 0.1) is 0 Å². The summed E-state index contributed by atoms with van der Waals surface area (Å²) in [6.45, 7) is 0. The number of hydrogen-bond acceptors (Lipinski definition) is 5. The Labute approximate surface area is 156 Å². The summed E-state index contributed by atoms with van der Waals surface area (Å²) in [5.74, 6) is 0.439. The summed E-state index contributed by atoms with van der Waals surface area (Å²) in [5.41, 5.74) is 2.20. The van der Waals surface area contributed by atoms with Crippen LogP contribution in [0.3, 0.4) is 0 Å². The Balaban J connectivity index is 1.73. The first-order valence-corrected chi connectivity index (χ1v) is 10.1. The molecule has 1 N–H and O–H groups in total. The number of benzene rings is 2. The van der Waals surface area contributed by atoms with Gasteiger partial charge in [0, 0.05) is 11.1 Å². The molecule has 0 unspecified atom stereocenters. The van der Waals surface area contributed by atoms with Gasteiger partial charge in [0.1, 0.15) is 11.6 Å². The molecule has 8 heteroatoms. The number of nitrogens with one attached hydrogen (secondary N) is 1. The van der Waals surface area contributed by atoms with Crippen LogP contribution in [0.15, 0.2) is 54.6 Å². The van der Waals surface area contributed by atoms with Gasteiger partial charge in [-0.2, -0.15) is 5.10 Å². The summed E-state index contributed by atoms with van der Waals surface area (Å²) in [4.78, 5) is 12.7. The quantitative estimate of drug-likeness (QED) is 0.748. The third kappa shape index (κ3) is 3.31. The third-order valence-electron chi connectivity index (χ3n) is 4.37. The number of rotatable bonds is 4. The summed E-state index contributed by atoms with van der Waals surface area (Å²) >= 11 is 0. The van der Waals surface area contributed by atoms with Crippen LogP contribution in [0.25, 0.3) is 5.69 Å². The zero-order valence-electron chi connectivity index (χ0n) is 14.5. The van der Waals surface area contributed by atoms with Crippen molar-refractivity contribution in [3.8, 4) is 11.4 Å². The maximum Gasteiger partial charge on any atom is 0.256 e. The van der Waals surface area contributed by atoms with Crippen LogP contribution in [0.5, 0.6) is 5.75 Å². The zero-order chi connectivity index (χ0) is 19.0. The molecule has 7 nitrogen and oxygen atoms in total. The Bertz CT molecular complexity index is 1100. The molecule has 2 heterocycles. The number of amides is 1. The molecule has 4 rings (SSSR count). The minimum atomic E-state index is -3.24. The Morgan fingerprint density at radius 1 is 1.07 bits per heavy atom. The smallest absolute Gasteiger partial charge is 0.256 e. The van der Waals surface area contributed by atoms with E-state index >= 15 is 0 Å². The number of hydrogen-bond donors (Lipinski definition) is 1. The van der Waals surface area contributed by atoms with Gasteiger partial charge in [-0.1, -0.05) is 18.2 Å². The Kier molecular flexibility index (Phi) is 4.19.